The first-order valence-corrected chi connectivity index (χ1v) is 11.9. The molecule has 0 N–H and O–H groups in total. The highest BCUT2D eigenvalue weighted by molar-refractivity contribution is 7.89. The van der Waals surface area contributed by atoms with Crippen molar-refractivity contribution in [2.24, 2.45) is 0 Å². The van der Waals surface area contributed by atoms with Crippen LogP contribution in [0.2, 0.25) is 0 Å². The number of rotatable bonds is 7. The summed E-state index contributed by atoms with van der Waals surface area (Å²) in [6.45, 7) is 2.18. The van der Waals surface area contributed by atoms with Gasteiger partial charge in [0.05, 0.1) is 37.1 Å². The lowest BCUT2D eigenvalue weighted by Gasteiger charge is -2.27. The monoisotopic (exact) mass is 471 g/mol. The first kappa shape index (κ1) is 22.8. The lowest BCUT2D eigenvalue weighted by atomic mass is 10.1. The normalized spacial score (nSPS) is 13.9. The molecule has 1 aliphatic rings. The minimum atomic E-state index is -3.78. The Balaban J connectivity index is 1.73. The van der Waals surface area contributed by atoms with Crippen LogP contribution < -0.4 is 9.47 Å². The molecule has 0 aliphatic carbocycles. The molecule has 0 spiro atoms. The van der Waals surface area contributed by atoms with Gasteiger partial charge >= 0.3 is 5.97 Å². The van der Waals surface area contributed by atoms with Crippen LogP contribution in [0.3, 0.4) is 0 Å². The maximum atomic E-state index is 13.3. The molecule has 0 fully saturated rings. The molecule has 2 aromatic carbocycles. The van der Waals surface area contributed by atoms with E-state index in [9.17, 15) is 13.2 Å². The van der Waals surface area contributed by atoms with E-state index < -0.39 is 16.0 Å². The van der Waals surface area contributed by atoms with Gasteiger partial charge in [-0.3, -0.25) is 0 Å². The second-order valence-electron chi connectivity index (χ2n) is 7.37. The number of hydrogen-bond donors (Lipinski definition) is 0. The number of fused-ring (bicyclic) bond motifs is 1. The van der Waals surface area contributed by atoms with Gasteiger partial charge in [0.25, 0.3) is 0 Å². The summed E-state index contributed by atoms with van der Waals surface area (Å²) in [4.78, 5) is 12.8. The molecule has 0 radical (unpaired) electrons. The summed E-state index contributed by atoms with van der Waals surface area (Å²) in [5.74, 6) is 0.687. The lowest BCUT2D eigenvalue weighted by Crippen LogP contribution is -2.36. The summed E-state index contributed by atoms with van der Waals surface area (Å²) < 4.78 is 45.1. The Kier molecular flexibility index (Phi) is 6.39. The zero-order valence-corrected chi connectivity index (χ0v) is 19.5. The number of esters is 1. The Labute approximate surface area is 192 Å². The molecule has 0 saturated heterocycles. The van der Waals surface area contributed by atoms with Crippen LogP contribution in [0.25, 0.3) is 5.69 Å². The molecule has 174 valence electrons. The maximum absolute atomic E-state index is 13.3. The Morgan fingerprint density at radius 1 is 1.00 bits per heavy atom. The van der Waals surface area contributed by atoms with Gasteiger partial charge in [0, 0.05) is 25.1 Å². The summed E-state index contributed by atoms with van der Waals surface area (Å²) in [5, 5.41) is 4.51. The molecule has 0 unspecified atom stereocenters. The standard InChI is InChI=1S/C23H25N3O6S/c1-4-32-23(27)22-20-15-25(33(28,29)19-11-9-18(31-3)10-12-19)14-13-21(20)26(24-22)16-5-7-17(30-2)8-6-16/h5-12H,4,13-15H2,1-3H3. The minimum absolute atomic E-state index is 0.0218. The second kappa shape index (κ2) is 9.24. The van der Waals surface area contributed by atoms with Gasteiger partial charge in [0.15, 0.2) is 5.69 Å². The summed E-state index contributed by atoms with van der Waals surface area (Å²) in [6, 6.07) is 13.5. The molecule has 0 atom stereocenters. The number of carbonyl (C=O) groups excluding carboxylic acids is 1. The van der Waals surface area contributed by atoms with Crippen molar-refractivity contribution in [1.82, 2.24) is 14.1 Å². The predicted octanol–water partition coefficient (Wildman–Crippen LogP) is 2.81. The number of sulfonamides is 1. The fourth-order valence-corrected chi connectivity index (χ4v) is 5.21. The van der Waals surface area contributed by atoms with Gasteiger partial charge in [0.2, 0.25) is 10.0 Å². The first-order valence-electron chi connectivity index (χ1n) is 10.5. The van der Waals surface area contributed by atoms with Crippen LogP contribution >= 0.6 is 0 Å². The summed E-state index contributed by atoms with van der Waals surface area (Å²) >= 11 is 0. The van der Waals surface area contributed by atoms with Crippen molar-refractivity contribution in [1.29, 1.82) is 0 Å². The number of methoxy groups -OCH3 is 2. The van der Waals surface area contributed by atoms with E-state index in [1.165, 1.54) is 23.5 Å². The molecule has 3 aromatic rings. The molecule has 1 aromatic heterocycles. The highest BCUT2D eigenvalue weighted by Gasteiger charge is 2.34. The van der Waals surface area contributed by atoms with Crippen LogP contribution in [-0.2, 0) is 27.7 Å². The van der Waals surface area contributed by atoms with Crippen LogP contribution in [0.15, 0.2) is 53.4 Å². The van der Waals surface area contributed by atoms with Crippen LogP contribution in [0.5, 0.6) is 11.5 Å². The largest absolute Gasteiger partial charge is 0.497 e. The predicted molar refractivity (Wildman–Crippen MR) is 120 cm³/mol. The van der Waals surface area contributed by atoms with E-state index in [4.69, 9.17) is 14.2 Å². The topological polar surface area (TPSA) is 100.0 Å². The molecule has 0 amide bonds. The van der Waals surface area contributed by atoms with Crippen LogP contribution in [-0.4, -0.2) is 55.8 Å². The summed E-state index contributed by atoms with van der Waals surface area (Å²) in [5.41, 5.74) is 2.20. The van der Waals surface area contributed by atoms with Crippen molar-refractivity contribution in [3.05, 3.63) is 65.5 Å². The molecule has 0 bridgehead atoms. The van der Waals surface area contributed by atoms with E-state index in [2.05, 4.69) is 5.10 Å². The van der Waals surface area contributed by atoms with E-state index >= 15 is 0 Å². The van der Waals surface area contributed by atoms with E-state index in [1.54, 1.807) is 43.0 Å². The fraction of sp³-hybridized carbons (Fsp3) is 0.304. The molecule has 33 heavy (non-hydrogen) atoms. The average Bonchev–Trinajstić information content (AvgIpc) is 3.23. The number of aromatic nitrogens is 2. The average molecular weight is 472 g/mol. The fourth-order valence-electron chi connectivity index (χ4n) is 3.80. The third-order valence-corrected chi connectivity index (χ3v) is 7.36. The number of nitrogens with zero attached hydrogens (tertiary/aromatic N) is 3. The molecule has 0 saturated carbocycles. The maximum Gasteiger partial charge on any atom is 0.359 e. The number of benzene rings is 2. The molecular weight excluding hydrogens is 446 g/mol. The Hall–Kier alpha value is -3.37. The van der Waals surface area contributed by atoms with Gasteiger partial charge in [0.1, 0.15) is 11.5 Å². The Morgan fingerprint density at radius 2 is 1.61 bits per heavy atom. The number of carbonyl (C=O) groups is 1. The zero-order chi connectivity index (χ0) is 23.6. The number of hydrogen-bond acceptors (Lipinski definition) is 7. The van der Waals surface area contributed by atoms with Crippen molar-refractivity contribution >= 4 is 16.0 Å². The minimum Gasteiger partial charge on any atom is -0.497 e. The zero-order valence-electron chi connectivity index (χ0n) is 18.6. The summed E-state index contributed by atoms with van der Waals surface area (Å²) in [6.07, 6.45) is 0.392. The van der Waals surface area contributed by atoms with E-state index in [-0.39, 0.29) is 30.3 Å². The van der Waals surface area contributed by atoms with Crippen LogP contribution in [0.1, 0.15) is 28.7 Å². The number of ether oxygens (including phenoxy) is 3. The highest BCUT2D eigenvalue weighted by atomic mass is 32.2. The van der Waals surface area contributed by atoms with Crippen molar-refractivity contribution in [3.8, 4) is 17.2 Å². The van der Waals surface area contributed by atoms with Crippen molar-refractivity contribution in [3.63, 3.8) is 0 Å². The third-order valence-electron chi connectivity index (χ3n) is 5.51. The lowest BCUT2D eigenvalue weighted by molar-refractivity contribution is 0.0517. The molecule has 4 rings (SSSR count). The summed E-state index contributed by atoms with van der Waals surface area (Å²) in [7, 11) is -0.671. The molecule has 2 heterocycles. The molecule has 10 heteroatoms. The molecule has 9 nitrogen and oxygen atoms in total. The van der Waals surface area contributed by atoms with E-state index in [0.717, 1.165) is 11.4 Å². The Bertz CT molecular complexity index is 1250. The second-order valence-corrected chi connectivity index (χ2v) is 9.31. The van der Waals surface area contributed by atoms with Crippen molar-refractivity contribution in [2.45, 2.75) is 24.8 Å². The third kappa shape index (κ3) is 4.31. The SMILES string of the molecule is CCOC(=O)c1nn(-c2ccc(OC)cc2)c2c1CN(S(=O)(=O)c1ccc(OC)cc1)CC2. The van der Waals surface area contributed by atoms with Gasteiger partial charge in [-0.25, -0.2) is 17.9 Å². The van der Waals surface area contributed by atoms with Crippen LogP contribution in [0, 0.1) is 0 Å². The van der Waals surface area contributed by atoms with Crippen molar-refractivity contribution in [2.75, 3.05) is 27.4 Å². The Morgan fingerprint density at radius 3 is 2.18 bits per heavy atom. The highest BCUT2D eigenvalue weighted by Crippen LogP contribution is 2.30. The van der Waals surface area contributed by atoms with Gasteiger partial charge in [-0.1, -0.05) is 0 Å². The molecule has 1 aliphatic heterocycles. The van der Waals surface area contributed by atoms with E-state index in [0.29, 0.717) is 23.5 Å². The smallest absolute Gasteiger partial charge is 0.359 e. The van der Waals surface area contributed by atoms with Crippen LogP contribution in [0.4, 0.5) is 0 Å². The molecular formula is C23H25N3O6S. The van der Waals surface area contributed by atoms with Gasteiger partial charge in [-0.2, -0.15) is 9.40 Å². The van der Waals surface area contributed by atoms with Gasteiger partial charge < -0.3 is 14.2 Å². The van der Waals surface area contributed by atoms with Gasteiger partial charge in [-0.15, -0.1) is 0 Å². The quantitative estimate of drug-likeness (QED) is 0.489. The van der Waals surface area contributed by atoms with Gasteiger partial charge in [-0.05, 0) is 55.5 Å². The first-order chi connectivity index (χ1) is 15.9. The van der Waals surface area contributed by atoms with E-state index in [1.807, 2.05) is 12.1 Å². The van der Waals surface area contributed by atoms with Crippen molar-refractivity contribution < 1.29 is 27.4 Å².